The number of nitrogens with zero attached hydrogens (tertiary/aromatic N) is 2. The maximum Gasteiger partial charge on any atom is 0.243 e. The van der Waals surface area contributed by atoms with Gasteiger partial charge in [0.15, 0.2) is 0 Å². The molecule has 0 aliphatic carbocycles. The first kappa shape index (κ1) is 22.2. The number of aryl methyl sites for hydroxylation is 2. The average Bonchev–Trinajstić information content (AvgIpc) is 3.07. The molecule has 3 atom stereocenters. The van der Waals surface area contributed by atoms with Gasteiger partial charge in [-0.3, -0.25) is 0 Å². The molecule has 2 heterocycles. The molecule has 0 bridgehead atoms. The number of fused-ring (bicyclic) bond motifs is 1. The summed E-state index contributed by atoms with van der Waals surface area (Å²) in [4.78, 5) is 0.537. The SMILES string of the molecule is Cc1ccc(S(=O)(=O)N2CC3C=CC(C)N(S(=O)(=O)c4ccc(C)cc4)CC3C2)cc1. The van der Waals surface area contributed by atoms with Crippen molar-refractivity contribution >= 4 is 20.0 Å². The van der Waals surface area contributed by atoms with Gasteiger partial charge in [-0.1, -0.05) is 47.5 Å². The molecule has 1 saturated heterocycles. The largest absolute Gasteiger partial charge is 0.243 e. The molecule has 3 unspecified atom stereocenters. The second kappa shape index (κ2) is 8.16. The molecule has 0 spiro atoms. The normalized spacial score (nSPS) is 25.3. The second-order valence-corrected chi connectivity index (χ2v) is 12.4. The Kier molecular flexibility index (Phi) is 5.85. The van der Waals surface area contributed by atoms with E-state index in [9.17, 15) is 16.8 Å². The predicted octanol–water partition coefficient (Wildman–Crippen LogP) is 3.19. The Hall–Kier alpha value is -2.00. The Labute approximate surface area is 185 Å². The van der Waals surface area contributed by atoms with Crippen molar-refractivity contribution in [3.05, 3.63) is 71.8 Å². The fraction of sp³-hybridized carbons (Fsp3) is 0.391. The molecule has 0 N–H and O–H groups in total. The van der Waals surface area contributed by atoms with Crippen LogP contribution in [0.25, 0.3) is 0 Å². The van der Waals surface area contributed by atoms with E-state index >= 15 is 0 Å². The molecule has 8 heteroatoms. The highest BCUT2D eigenvalue weighted by molar-refractivity contribution is 7.89. The van der Waals surface area contributed by atoms with Crippen molar-refractivity contribution < 1.29 is 16.8 Å². The fourth-order valence-electron chi connectivity index (χ4n) is 4.28. The van der Waals surface area contributed by atoms with Gasteiger partial charge in [0.25, 0.3) is 0 Å². The molecular formula is C23H28N2O4S2. The van der Waals surface area contributed by atoms with Gasteiger partial charge >= 0.3 is 0 Å². The molecule has 2 aliphatic heterocycles. The Bertz CT molecular complexity index is 1190. The van der Waals surface area contributed by atoms with Crippen LogP contribution < -0.4 is 0 Å². The summed E-state index contributed by atoms with van der Waals surface area (Å²) in [5.41, 5.74) is 2.00. The van der Waals surface area contributed by atoms with Crippen LogP contribution in [0.3, 0.4) is 0 Å². The zero-order valence-corrected chi connectivity index (χ0v) is 19.6. The van der Waals surface area contributed by atoms with Crippen LogP contribution in [-0.2, 0) is 20.0 Å². The Morgan fingerprint density at radius 3 is 1.77 bits per heavy atom. The molecule has 2 aliphatic rings. The number of rotatable bonds is 4. The first-order valence-corrected chi connectivity index (χ1v) is 13.3. The molecule has 2 aromatic carbocycles. The van der Waals surface area contributed by atoms with E-state index in [1.807, 2.05) is 32.9 Å². The van der Waals surface area contributed by atoms with Crippen molar-refractivity contribution in [1.82, 2.24) is 8.61 Å². The lowest BCUT2D eigenvalue weighted by molar-refractivity contribution is 0.315. The fourth-order valence-corrected chi connectivity index (χ4v) is 7.46. The van der Waals surface area contributed by atoms with Crippen LogP contribution in [0.15, 0.2) is 70.5 Å². The minimum Gasteiger partial charge on any atom is -0.207 e. The highest BCUT2D eigenvalue weighted by Gasteiger charge is 2.42. The number of hydrogen-bond donors (Lipinski definition) is 0. The van der Waals surface area contributed by atoms with Gasteiger partial charge in [0.2, 0.25) is 20.0 Å². The van der Waals surface area contributed by atoms with Crippen LogP contribution >= 0.6 is 0 Å². The molecule has 1 fully saturated rings. The van der Waals surface area contributed by atoms with E-state index in [2.05, 4.69) is 0 Å². The average molecular weight is 461 g/mol. The summed E-state index contributed by atoms with van der Waals surface area (Å²) in [7, 11) is -7.30. The van der Waals surface area contributed by atoms with Gasteiger partial charge < -0.3 is 0 Å². The van der Waals surface area contributed by atoms with Crippen LogP contribution in [0.2, 0.25) is 0 Å². The highest BCUT2D eigenvalue weighted by atomic mass is 32.2. The molecule has 0 amide bonds. The van der Waals surface area contributed by atoms with Gasteiger partial charge in [0, 0.05) is 25.7 Å². The molecular weight excluding hydrogens is 432 g/mol. The van der Waals surface area contributed by atoms with Crippen molar-refractivity contribution in [2.75, 3.05) is 19.6 Å². The van der Waals surface area contributed by atoms with Crippen molar-refractivity contribution in [1.29, 1.82) is 0 Å². The zero-order chi connectivity index (χ0) is 22.4. The van der Waals surface area contributed by atoms with Gasteiger partial charge in [0.05, 0.1) is 9.79 Å². The van der Waals surface area contributed by atoms with E-state index < -0.39 is 20.0 Å². The van der Waals surface area contributed by atoms with Crippen molar-refractivity contribution in [2.24, 2.45) is 11.8 Å². The molecule has 31 heavy (non-hydrogen) atoms. The van der Waals surface area contributed by atoms with E-state index in [1.54, 1.807) is 48.5 Å². The van der Waals surface area contributed by atoms with Crippen LogP contribution in [-0.4, -0.2) is 51.1 Å². The van der Waals surface area contributed by atoms with E-state index in [1.165, 1.54) is 8.61 Å². The third kappa shape index (κ3) is 4.22. The van der Waals surface area contributed by atoms with Crippen molar-refractivity contribution in [3.8, 4) is 0 Å². The number of sulfonamides is 2. The minimum atomic E-state index is -3.69. The van der Waals surface area contributed by atoms with E-state index in [-0.39, 0.29) is 34.2 Å². The topological polar surface area (TPSA) is 74.8 Å². The maximum atomic E-state index is 13.3. The van der Waals surface area contributed by atoms with Gasteiger partial charge in [-0.2, -0.15) is 8.61 Å². The lowest BCUT2D eigenvalue weighted by atomic mass is 9.97. The lowest BCUT2D eigenvalue weighted by Crippen LogP contribution is -2.41. The molecule has 2 aromatic rings. The summed E-state index contributed by atoms with van der Waals surface area (Å²) in [5.74, 6) is -0.109. The number of benzene rings is 2. The van der Waals surface area contributed by atoms with E-state index in [0.29, 0.717) is 13.1 Å². The first-order valence-electron chi connectivity index (χ1n) is 10.4. The molecule has 0 radical (unpaired) electrons. The highest BCUT2D eigenvalue weighted by Crippen LogP contribution is 2.34. The molecule has 0 saturated carbocycles. The summed E-state index contributed by atoms with van der Waals surface area (Å²) in [6.07, 6.45) is 3.88. The Morgan fingerprint density at radius 1 is 0.710 bits per heavy atom. The summed E-state index contributed by atoms with van der Waals surface area (Å²) in [5, 5.41) is 0. The summed E-state index contributed by atoms with van der Waals surface area (Å²) >= 11 is 0. The first-order chi connectivity index (χ1) is 14.6. The Morgan fingerprint density at radius 2 is 1.23 bits per heavy atom. The van der Waals surface area contributed by atoms with Crippen LogP contribution in [0, 0.1) is 25.7 Å². The zero-order valence-electron chi connectivity index (χ0n) is 18.0. The van der Waals surface area contributed by atoms with Gasteiger partial charge in [-0.15, -0.1) is 0 Å². The Balaban J connectivity index is 1.60. The molecule has 4 rings (SSSR count). The van der Waals surface area contributed by atoms with E-state index in [4.69, 9.17) is 0 Å². The monoisotopic (exact) mass is 460 g/mol. The lowest BCUT2D eigenvalue weighted by Gasteiger charge is -2.28. The molecule has 0 aromatic heterocycles. The van der Waals surface area contributed by atoms with Crippen molar-refractivity contribution in [2.45, 2.75) is 36.6 Å². The summed E-state index contributed by atoms with van der Waals surface area (Å²) < 4.78 is 56.0. The van der Waals surface area contributed by atoms with Crippen LogP contribution in [0.5, 0.6) is 0 Å². The maximum absolute atomic E-state index is 13.3. The van der Waals surface area contributed by atoms with Gasteiger partial charge in [-0.05, 0) is 56.9 Å². The second-order valence-electron chi connectivity index (χ2n) is 8.57. The van der Waals surface area contributed by atoms with E-state index in [0.717, 1.165) is 11.1 Å². The summed E-state index contributed by atoms with van der Waals surface area (Å²) in [6.45, 7) is 6.65. The third-order valence-corrected chi connectivity index (χ3v) is 10.1. The van der Waals surface area contributed by atoms with Crippen LogP contribution in [0.4, 0.5) is 0 Å². The van der Waals surface area contributed by atoms with Crippen LogP contribution in [0.1, 0.15) is 18.1 Å². The van der Waals surface area contributed by atoms with Gasteiger partial charge in [-0.25, -0.2) is 16.8 Å². The van der Waals surface area contributed by atoms with Crippen molar-refractivity contribution in [3.63, 3.8) is 0 Å². The minimum absolute atomic E-state index is 0.0131. The molecule has 166 valence electrons. The predicted molar refractivity (Wildman–Crippen MR) is 121 cm³/mol. The quantitative estimate of drug-likeness (QED) is 0.657. The molecule has 6 nitrogen and oxygen atoms in total. The smallest absolute Gasteiger partial charge is 0.207 e. The number of hydrogen-bond acceptors (Lipinski definition) is 4. The summed E-state index contributed by atoms with van der Waals surface area (Å²) in [6, 6.07) is 13.4. The standard InChI is InChI=1S/C23H28N2O4S2/c1-17-4-10-22(11-5-17)30(26,27)24-14-20-9-8-19(3)25(16-21(20)15-24)31(28,29)23-12-6-18(2)7-13-23/h4-13,19-21H,14-16H2,1-3H3. The van der Waals surface area contributed by atoms with Gasteiger partial charge in [0.1, 0.15) is 0 Å². The third-order valence-electron chi connectivity index (χ3n) is 6.25.